The molecule has 166 valence electrons. The second-order valence-electron chi connectivity index (χ2n) is 8.38. The molecule has 0 aliphatic rings. The normalized spacial score (nSPS) is 11.0. The van der Waals surface area contributed by atoms with E-state index in [0.29, 0.717) is 0 Å². The van der Waals surface area contributed by atoms with Crippen molar-refractivity contribution in [2.75, 3.05) is 6.61 Å². The standard InChI is InChI=1S/C27H42N2O/c1-3-5-7-9-10-11-12-13-17-21-30-26-20-16-15-19-25(26)27-24(22-28-23-29-27)18-14-8-6-4-2/h15-16,19-20,22-23H,3-14,17-18,21H2,1-2H3. The molecule has 0 unspecified atom stereocenters. The van der Waals surface area contributed by atoms with E-state index in [0.717, 1.165) is 36.5 Å². The Morgan fingerprint density at radius 1 is 0.733 bits per heavy atom. The molecule has 0 bridgehead atoms. The Hall–Kier alpha value is -1.90. The molecule has 3 heteroatoms. The van der Waals surface area contributed by atoms with Gasteiger partial charge in [-0.15, -0.1) is 0 Å². The van der Waals surface area contributed by atoms with E-state index in [1.54, 1.807) is 6.33 Å². The molecule has 0 amide bonds. The van der Waals surface area contributed by atoms with Crippen molar-refractivity contribution in [3.05, 3.63) is 42.4 Å². The minimum atomic E-state index is 0.782. The quantitative estimate of drug-likeness (QED) is 0.247. The van der Waals surface area contributed by atoms with E-state index >= 15 is 0 Å². The lowest BCUT2D eigenvalue weighted by Crippen LogP contribution is -2.01. The second-order valence-corrected chi connectivity index (χ2v) is 8.38. The molecule has 0 N–H and O–H groups in total. The molecule has 1 heterocycles. The van der Waals surface area contributed by atoms with Crippen LogP contribution >= 0.6 is 0 Å². The Kier molecular flexibility index (Phi) is 12.9. The van der Waals surface area contributed by atoms with Crippen LogP contribution < -0.4 is 4.74 Å². The molecular weight excluding hydrogens is 368 g/mol. The fourth-order valence-corrected chi connectivity index (χ4v) is 3.91. The Morgan fingerprint density at radius 2 is 1.37 bits per heavy atom. The number of unbranched alkanes of at least 4 members (excludes halogenated alkanes) is 11. The van der Waals surface area contributed by atoms with Gasteiger partial charge in [0.15, 0.2) is 0 Å². The topological polar surface area (TPSA) is 35.0 Å². The zero-order chi connectivity index (χ0) is 21.3. The van der Waals surface area contributed by atoms with Crippen LogP contribution in [0.3, 0.4) is 0 Å². The first-order chi connectivity index (χ1) is 14.9. The number of nitrogens with zero attached hydrogens (tertiary/aromatic N) is 2. The van der Waals surface area contributed by atoms with Crippen molar-refractivity contribution in [3.8, 4) is 17.0 Å². The fraction of sp³-hybridized carbons (Fsp3) is 0.630. The average molecular weight is 411 g/mol. The molecule has 2 aromatic rings. The minimum Gasteiger partial charge on any atom is -0.493 e. The molecular formula is C27H42N2O. The number of benzene rings is 1. The molecule has 3 nitrogen and oxygen atoms in total. The van der Waals surface area contributed by atoms with Crippen LogP contribution in [0.25, 0.3) is 11.3 Å². The number of ether oxygens (including phenoxy) is 1. The highest BCUT2D eigenvalue weighted by atomic mass is 16.5. The second kappa shape index (κ2) is 15.9. The van der Waals surface area contributed by atoms with Gasteiger partial charge in [0.05, 0.1) is 12.3 Å². The predicted octanol–water partition coefficient (Wildman–Crippen LogP) is 8.18. The molecule has 0 fully saturated rings. The first-order valence-electron chi connectivity index (χ1n) is 12.4. The lowest BCUT2D eigenvalue weighted by atomic mass is 10.0. The van der Waals surface area contributed by atoms with Gasteiger partial charge < -0.3 is 4.74 Å². The molecule has 1 aromatic heterocycles. The van der Waals surface area contributed by atoms with E-state index in [2.05, 4.69) is 48.1 Å². The lowest BCUT2D eigenvalue weighted by molar-refractivity contribution is 0.305. The largest absolute Gasteiger partial charge is 0.493 e. The smallest absolute Gasteiger partial charge is 0.128 e. The molecule has 2 rings (SSSR count). The molecule has 0 radical (unpaired) electrons. The van der Waals surface area contributed by atoms with Gasteiger partial charge in [0.2, 0.25) is 0 Å². The van der Waals surface area contributed by atoms with Gasteiger partial charge in [-0.25, -0.2) is 9.97 Å². The summed E-state index contributed by atoms with van der Waals surface area (Å²) in [6.07, 6.45) is 21.6. The molecule has 0 atom stereocenters. The third-order valence-corrected chi connectivity index (χ3v) is 5.74. The number of hydrogen-bond acceptors (Lipinski definition) is 3. The highest BCUT2D eigenvalue weighted by Crippen LogP contribution is 2.31. The summed E-state index contributed by atoms with van der Waals surface area (Å²) in [5, 5.41) is 0. The summed E-state index contributed by atoms with van der Waals surface area (Å²) < 4.78 is 6.19. The van der Waals surface area contributed by atoms with Crippen molar-refractivity contribution in [2.45, 2.75) is 104 Å². The van der Waals surface area contributed by atoms with E-state index in [9.17, 15) is 0 Å². The fourth-order valence-electron chi connectivity index (χ4n) is 3.91. The zero-order valence-corrected chi connectivity index (χ0v) is 19.4. The van der Waals surface area contributed by atoms with Gasteiger partial charge >= 0.3 is 0 Å². The van der Waals surface area contributed by atoms with Crippen LogP contribution in [0.1, 0.15) is 103 Å². The van der Waals surface area contributed by atoms with Crippen molar-refractivity contribution < 1.29 is 4.74 Å². The van der Waals surface area contributed by atoms with Gasteiger partial charge in [-0.3, -0.25) is 0 Å². The van der Waals surface area contributed by atoms with E-state index in [4.69, 9.17) is 4.74 Å². The molecule has 0 aliphatic heterocycles. The first kappa shape index (κ1) is 24.4. The van der Waals surface area contributed by atoms with E-state index in [1.807, 2.05) is 6.20 Å². The van der Waals surface area contributed by atoms with Gasteiger partial charge in [0.25, 0.3) is 0 Å². The van der Waals surface area contributed by atoms with Crippen LogP contribution in [-0.2, 0) is 6.42 Å². The summed E-state index contributed by atoms with van der Waals surface area (Å²) in [4.78, 5) is 8.89. The monoisotopic (exact) mass is 410 g/mol. The molecule has 1 aromatic carbocycles. The maximum absolute atomic E-state index is 6.19. The van der Waals surface area contributed by atoms with Crippen LogP contribution in [0.2, 0.25) is 0 Å². The molecule has 30 heavy (non-hydrogen) atoms. The summed E-state index contributed by atoms with van der Waals surface area (Å²) in [5.74, 6) is 0.950. The number of aryl methyl sites for hydroxylation is 1. The van der Waals surface area contributed by atoms with Gasteiger partial charge in [0.1, 0.15) is 12.1 Å². The third-order valence-electron chi connectivity index (χ3n) is 5.74. The molecule has 0 saturated carbocycles. The van der Waals surface area contributed by atoms with Crippen molar-refractivity contribution in [3.63, 3.8) is 0 Å². The summed E-state index contributed by atoms with van der Waals surface area (Å²) in [6, 6.07) is 8.33. The lowest BCUT2D eigenvalue weighted by Gasteiger charge is -2.13. The van der Waals surface area contributed by atoms with Crippen LogP contribution in [0.15, 0.2) is 36.8 Å². The maximum Gasteiger partial charge on any atom is 0.128 e. The van der Waals surface area contributed by atoms with Crippen molar-refractivity contribution in [1.82, 2.24) is 9.97 Å². The van der Waals surface area contributed by atoms with Crippen LogP contribution in [0, 0.1) is 0 Å². The van der Waals surface area contributed by atoms with Crippen molar-refractivity contribution >= 4 is 0 Å². The van der Waals surface area contributed by atoms with Crippen molar-refractivity contribution in [2.24, 2.45) is 0 Å². The van der Waals surface area contributed by atoms with Crippen LogP contribution in [-0.4, -0.2) is 16.6 Å². The number of aromatic nitrogens is 2. The minimum absolute atomic E-state index is 0.782. The first-order valence-corrected chi connectivity index (χ1v) is 12.4. The van der Waals surface area contributed by atoms with E-state index in [1.165, 1.54) is 82.6 Å². The Morgan fingerprint density at radius 3 is 2.10 bits per heavy atom. The summed E-state index contributed by atoms with van der Waals surface area (Å²) in [7, 11) is 0. The predicted molar refractivity (Wildman–Crippen MR) is 128 cm³/mol. The molecule has 0 aliphatic carbocycles. The third kappa shape index (κ3) is 9.28. The molecule has 0 spiro atoms. The summed E-state index contributed by atoms with van der Waals surface area (Å²) >= 11 is 0. The molecule has 0 saturated heterocycles. The SMILES string of the molecule is CCCCCCCCCCCOc1ccccc1-c1ncncc1CCCCCC. The summed E-state index contributed by atoms with van der Waals surface area (Å²) in [5.41, 5.74) is 3.36. The van der Waals surface area contributed by atoms with Gasteiger partial charge in [-0.1, -0.05) is 96.6 Å². The highest BCUT2D eigenvalue weighted by molar-refractivity contribution is 5.69. The Labute approximate surface area is 184 Å². The number of rotatable bonds is 17. The van der Waals surface area contributed by atoms with Crippen LogP contribution in [0.4, 0.5) is 0 Å². The van der Waals surface area contributed by atoms with Crippen molar-refractivity contribution in [1.29, 1.82) is 0 Å². The van der Waals surface area contributed by atoms with Gasteiger partial charge in [-0.2, -0.15) is 0 Å². The Bertz CT molecular complexity index is 686. The van der Waals surface area contributed by atoms with E-state index in [-0.39, 0.29) is 0 Å². The van der Waals surface area contributed by atoms with Gasteiger partial charge in [0, 0.05) is 11.8 Å². The Balaban J connectivity index is 1.81. The zero-order valence-electron chi connectivity index (χ0n) is 19.4. The summed E-state index contributed by atoms with van der Waals surface area (Å²) in [6.45, 7) is 5.30. The van der Waals surface area contributed by atoms with E-state index < -0.39 is 0 Å². The van der Waals surface area contributed by atoms with Gasteiger partial charge in [-0.05, 0) is 37.0 Å². The van der Waals surface area contributed by atoms with Crippen LogP contribution in [0.5, 0.6) is 5.75 Å². The maximum atomic E-state index is 6.19. The average Bonchev–Trinajstić information content (AvgIpc) is 2.78. The number of para-hydroxylation sites is 1. The number of hydrogen-bond donors (Lipinski definition) is 0. The highest BCUT2D eigenvalue weighted by Gasteiger charge is 2.12.